The van der Waals surface area contributed by atoms with Gasteiger partial charge in [-0.05, 0) is 54.4 Å². The molecule has 3 aliphatic rings. The lowest BCUT2D eigenvalue weighted by Gasteiger charge is -2.39. The summed E-state index contributed by atoms with van der Waals surface area (Å²) < 4.78 is 0. The molecule has 236 valence electrons. The molecule has 0 spiro atoms. The summed E-state index contributed by atoms with van der Waals surface area (Å²) in [5, 5.41) is 19.3. The van der Waals surface area contributed by atoms with E-state index in [9.17, 15) is 29.1 Å². The number of aliphatic hydroxyl groups is 1. The van der Waals surface area contributed by atoms with Crippen LogP contribution in [0.2, 0.25) is 0 Å². The third-order valence-corrected chi connectivity index (χ3v) is 9.52. The van der Waals surface area contributed by atoms with Crippen LogP contribution in [0, 0.1) is 28.6 Å². The molecular formula is C32H47N5O6. The Balaban J connectivity index is 1.52. The Morgan fingerprint density at radius 1 is 1.02 bits per heavy atom. The molecule has 2 unspecified atom stereocenters. The zero-order valence-corrected chi connectivity index (χ0v) is 26.3. The third-order valence-electron chi connectivity index (χ3n) is 9.52. The highest BCUT2D eigenvalue weighted by atomic mass is 16.3. The minimum Gasteiger partial charge on any atom is -0.386 e. The number of nitrogens with one attached hydrogen (secondary N) is 3. The number of hydrogen-bond acceptors (Lipinski definition) is 6. The number of carbonyl (C=O) groups excluding carboxylic acids is 5. The number of fused-ring (bicyclic) bond motifs is 1. The van der Waals surface area contributed by atoms with Crippen LogP contribution in [0.5, 0.6) is 0 Å². The van der Waals surface area contributed by atoms with Crippen LogP contribution >= 0.6 is 0 Å². The summed E-state index contributed by atoms with van der Waals surface area (Å²) in [6.07, 6.45) is 1.17. The van der Waals surface area contributed by atoms with Crippen LogP contribution in [0.3, 0.4) is 0 Å². The van der Waals surface area contributed by atoms with Gasteiger partial charge in [0.2, 0.25) is 17.6 Å². The van der Waals surface area contributed by atoms with Gasteiger partial charge < -0.3 is 31.7 Å². The summed E-state index contributed by atoms with van der Waals surface area (Å²) in [6, 6.07) is 5.46. The number of nitrogens with zero attached hydrogens (tertiary/aromatic N) is 1. The van der Waals surface area contributed by atoms with Crippen LogP contribution in [-0.2, 0) is 19.2 Å². The molecule has 1 saturated heterocycles. The Kier molecular flexibility index (Phi) is 8.72. The van der Waals surface area contributed by atoms with E-state index in [2.05, 4.69) is 16.0 Å². The smallest absolute Gasteiger partial charge is 0.315 e. The zero-order chi connectivity index (χ0) is 32.1. The zero-order valence-electron chi connectivity index (χ0n) is 26.3. The minimum absolute atomic E-state index is 0.0790. The van der Waals surface area contributed by atoms with Gasteiger partial charge in [-0.1, -0.05) is 77.8 Å². The van der Waals surface area contributed by atoms with E-state index in [-0.39, 0.29) is 23.2 Å². The lowest BCUT2D eigenvalue weighted by Crippen LogP contribution is -2.62. The number of ketones is 1. The second-order valence-corrected chi connectivity index (χ2v) is 14.8. The first-order chi connectivity index (χ1) is 19.9. The number of urea groups is 1. The summed E-state index contributed by atoms with van der Waals surface area (Å²) in [7, 11) is 0. The van der Waals surface area contributed by atoms with Crippen molar-refractivity contribution in [1.82, 2.24) is 20.9 Å². The van der Waals surface area contributed by atoms with E-state index in [4.69, 9.17) is 5.73 Å². The molecule has 43 heavy (non-hydrogen) atoms. The highest BCUT2D eigenvalue weighted by Crippen LogP contribution is 2.65. The van der Waals surface area contributed by atoms with Crippen LogP contribution in [0.25, 0.3) is 0 Å². The number of rotatable bonds is 11. The molecule has 1 heterocycles. The molecule has 1 aromatic rings. The van der Waals surface area contributed by atoms with E-state index >= 15 is 0 Å². The van der Waals surface area contributed by atoms with Crippen molar-refractivity contribution in [2.24, 2.45) is 34.3 Å². The number of benzene rings is 1. The lowest BCUT2D eigenvalue weighted by atomic mass is 9.85. The Labute approximate surface area is 253 Å². The standard InChI is InChI=1S/C32H47N5O6/c1-30(2,3)24(35-29(43)36-32(6,7)25(39)18-11-9-8-10-12-18)28(42)37-16-19-21(31(19,4)5)22(37)27(41)34-20(15-17-13-14-17)23(38)26(33)40/h8-12,17,19-22,24-25,39H,13-16H2,1-7H3,(H2,33,40)(H,34,41)(H2,35,36,43)/t19-,20?,21-,22-,24+,25?/m0/s1. The Bertz CT molecular complexity index is 1270. The summed E-state index contributed by atoms with van der Waals surface area (Å²) in [4.78, 5) is 67.0. The van der Waals surface area contributed by atoms with E-state index in [1.807, 2.05) is 40.7 Å². The van der Waals surface area contributed by atoms with Crippen LogP contribution in [0.1, 0.15) is 79.4 Å². The van der Waals surface area contributed by atoms with Crippen LogP contribution < -0.4 is 21.7 Å². The first-order valence-electron chi connectivity index (χ1n) is 15.1. The quantitative estimate of drug-likeness (QED) is 0.244. The molecule has 0 bridgehead atoms. The molecule has 2 saturated carbocycles. The Hall–Kier alpha value is -3.47. The second kappa shape index (κ2) is 11.6. The molecule has 11 heteroatoms. The van der Waals surface area contributed by atoms with Crippen LogP contribution in [0.15, 0.2) is 30.3 Å². The molecule has 4 rings (SSSR count). The van der Waals surface area contributed by atoms with E-state index < -0.39 is 64.7 Å². The molecule has 5 amide bonds. The topological polar surface area (TPSA) is 171 Å². The number of hydrogen-bond donors (Lipinski definition) is 5. The molecule has 2 aliphatic carbocycles. The van der Waals surface area contributed by atoms with Gasteiger partial charge in [-0.25, -0.2) is 4.79 Å². The van der Waals surface area contributed by atoms with Crippen molar-refractivity contribution in [3.05, 3.63) is 35.9 Å². The SMILES string of the molecule is CC(C)(NC(=O)N[C@H](C(=O)N1C[C@H]2[C@@H]([C@H]1C(=O)NC(CC1CC1)C(=O)C(N)=O)C2(C)C)C(C)(C)C)C(O)c1ccccc1. The fraction of sp³-hybridized carbons (Fsp3) is 0.656. The fourth-order valence-corrected chi connectivity index (χ4v) is 6.56. The monoisotopic (exact) mass is 597 g/mol. The third kappa shape index (κ3) is 6.87. The molecule has 6 atom stereocenters. The maximum absolute atomic E-state index is 14.2. The largest absolute Gasteiger partial charge is 0.386 e. The van der Waals surface area contributed by atoms with Gasteiger partial charge in [0.1, 0.15) is 18.2 Å². The highest BCUT2D eigenvalue weighted by Gasteiger charge is 2.70. The van der Waals surface area contributed by atoms with Gasteiger partial charge in [-0.3, -0.25) is 19.2 Å². The summed E-state index contributed by atoms with van der Waals surface area (Å²) in [6.45, 7) is 13.3. The van der Waals surface area contributed by atoms with Gasteiger partial charge in [0.15, 0.2) is 0 Å². The van der Waals surface area contributed by atoms with Crippen LogP contribution in [-0.4, -0.2) is 69.8 Å². The van der Waals surface area contributed by atoms with Crippen LogP contribution in [0.4, 0.5) is 4.79 Å². The van der Waals surface area contributed by atoms with E-state index in [0.717, 1.165) is 12.8 Å². The van der Waals surface area contributed by atoms with Crippen molar-refractivity contribution in [3.8, 4) is 0 Å². The molecule has 6 N–H and O–H groups in total. The van der Waals surface area contributed by atoms with Gasteiger partial charge in [0.25, 0.3) is 5.91 Å². The number of amides is 5. The summed E-state index contributed by atoms with van der Waals surface area (Å²) in [5.74, 6) is -2.64. The Morgan fingerprint density at radius 3 is 2.16 bits per heavy atom. The van der Waals surface area contributed by atoms with Crippen molar-refractivity contribution in [1.29, 1.82) is 0 Å². The molecule has 1 aromatic carbocycles. The van der Waals surface area contributed by atoms with Gasteiger partial charge in [-0.15, -0.1) is 0 Å². The number of nitrogens with two attached hydrogens (primary N) is 1. The molecule has 0 radical (unpaired) electrons. The first-order valence-corrected chi connectivity index (χ1v) is 15.1. The van der Waals surface area contributed by atoms with E-state index in [1.165, 1.54) is 4.90 Å². The van der Waals surface area contributed by atoms with E-state index in [0.29, 0.717) is 18.5 Å². The number of Topliss-reactive ketones (excluding diaryl/α,β-unsaturated/α-hetero) is 1. The molecule has 3 fully saturated rings. The highest BCUT2D eigenvalue weighted by molar-refractivity contribution is 6.37. The average Bonchev–Trinajstić information content (AvgIpc) is 3.77. The van der Waals surface area contributed by atoms with Gasteiger partial charge in [-0.2, -0.15) is 0 Å². The predicted octanol–water partition coefficient (Wildman–Crippen LogP) is 2.03. The van der Waals surface area contributed by atoms with Crippen molar-refractivity contribution in [3.63, 3.8) is 0 Å². The van der Waals surface area contributed by atoms with Gasteiger partial charge in [0.05, 0.1) is 11.6 Å². The van der Waals surface area contributed by atoms with Gasteiger partial charge >= 0.3 is 6.03 Å². The number of piperidine rings is 1. The maximum Gasteiger partial charge on any atom is 0.315 e. The number of aliphatic hydroxyl groups excluding tert-OH is 1. The minimum atomic E-state index is -1.10. The normalized spacial score (nSPS) is 24.7. The number of primary amides is 1. The van der Waals surface area contributed by atoms with Gasteiger partial charge in [0, 0.05) is 6.54 Å². The molecule has 11 nitrogen and oxygen atoms in total. The molecule has 0 aromatic heterocycles. The van der Waals surface area contributed by atoms with Crippen molar-refractivity contribution >= 4 is 29.5 Å². The molecular weight excluding hydrogens is 550 g/mol. The summed E-state index contributed by atoms with van der Waals surface area (Å²) in [5.41, 5.74) is 3.94. The molecule has 1 aliphatic heterocycles. The maximum atomic E-state index is 14.2. The van der Waals surface area contributed by atoms with Crippen molar-refractivity contribution < 1.29 is 29.1 Å². The van der Waals surface area contributed by atoms with E-state index in [1.54, 1.807) is 38.1 Å². The van der Waals surface area contributed by atoms with Crippen molar-refractivity contribution in [2.75, 3.05) is 6.54 Å². The number of carbonyl (C=O) groups is 5. The predicted molar refractivity (Wildman–Crippen MR) is 160 cm³/mol. The Morgan fingerprint density at radius 2 is 1.63 bits per heavy atom. The first kappa shape index (κ1) is 32.4. The summed E-state index contributed by atoms with van der Waals surface area (Å²) >= 11 is 0. The average molecular weight is 598 g/mol. The van der Waals surface area contributed by atoms with Crippen molar-refractivity contribution in [2.45, 2.75) is 97.5 Å². The second-order valence-electron chi connectivity index (χ2n) is 14.8. The number of likely N-dealkylation sites (tertiary alicyclic amines) is 1. The lowest BCUT2D eigenvalue weighted by molar-refractivity contribution is -0.145. The fourth-order valence-electron chi connectivity index (χ4n) is 6.56.